The number of amides is 1. The van der Waals surface area contributed by atoms with Crippen LogP contribution in [0.3, 0.4) is 0 Å². The third kappa shape index (κ3) is 4.14. The van der Waals surface area contributed by atoms with Crippen LogP contribution in [-0.4, -0.2) is 24.1 Å². The Kier molecular flexibility index (Phi) is 5.44. The molecule has 0 radical (unpaired) electrons. The topological polar surface area (TPSA) is 145 Å². The summed E-state index contributed by atoms with van der Waals surface area (Å²) in [5, 5.41) is 18.7. The molecule has 0 fully saturated rings. The lowest BCUT2D eigenvalue weighted by Gasteiger charge is -2.18. The van der Waals surface area contributed by atoms with Gasteiger partial charge in [0.05, 0.1) is 23.4 Å². The Morgan fingerprint density at radius 3 is 2.59 bits per heavy atom. The molecule has 1 atom stereocenters. The third-order valence-corrected chi connectivity index (χ3v) is 5.61. The van der Waals surface area contributed by atoms with Gasteiger partial charge in [-0.2, -0.15) is 10.4 Å². The molecule has 0 aliphatic carbocycles. The molecule has 8 nitrogen and oxygen atoms in total. The molecule has 3 rings (SSSR count). The molecule has 2 aromatic carbocycles. The number of primary amides is 1. The van der Waals surface area contributed by atoms with E-state index >= 15 is 0 Å². The summed E-state index contributed by atoms with van der Waals surface area (Å²) in [6.45, 7) is 1.83. The van der Waals surface area contributed by atoms with E-state index < -0.39 is 21.8 Å². The minimum absolute atomic E-state index is 0.135. The first-order chi connectivity index (χ1) is 13.6. The highest BCUT2D eigenvalue weighted by Crippen LogP contribution is 2.33. The molecule has 3 aromatic rings. The van der Waals surface area contributed by atoms with Gasteiger partial charge in [-0.05, 0) is 36.2 Å². The number of aryl methyl sites for hydroxylation is 1. The second kappa shape index (κ2) is 7.67. The molecular formula is C19H16ClN5O3S. The number of halogens is 1. The minimum Gasteiger partial charge on any atom is -0.369 e. The molecule has 0 bridgehead atoms. The van der Waals surface area contributed by atoms with Gasteiger partial charge in [-0.15, -0.1) is 0 Å². The van der Waals surface area contributed by atoms with Gasteiger partial charge in [0.1, 0.15) is 11.0 Å². The number of benzene rings is 2. The van der Waals surface area contributed by atoms with E-state index in [0.717, 1.165) is 5.56 Å². The number of nitrogens with two attached hydrogens (primary N) is 2. The number of carbonyl (C=O) groups is 1. The van der Waals surface area contributed by atoms with Crippen molar-refractivity contribution in [1.29, 1.82) is 5.26 Å². The molecular weight excluding hydrogens is 414 g/mol. The largest absolute Gasteiger partial charge is 0.369 e. The quantitative estimate of drug-likeness (QED) is 0.636. The van der Waals surface area contributed by atoms with E-state index in [1.54, 1.807) is 24.3 Å². The normalized spacial score (nSPS) is 12.3. The van der Waals surface area contributed by atoms with Crippen LogP contribution in [0.15, 0.2) is 53.7 Å². The summed E-state index contributed by atoms with van der Waals surface area (Å²) in [5.74, 6) is -1.68. The number of hydrogen-bond donors (Lipinski definition) is 2. The average molecular weight is 430 g/mol. The van der Waals surface area contributed by atoms with Crippen molar-refractivity contribution in [3.8, 4) is 11.8 Å². The highest BCUT2D eigenvalue weighted by atomic mass is 35.5. The lowest BCUT2D eigenvalue weighted by molar-refractivity contribution is -0.118. The predicted molar refractivity (Wildman–Crippen MR) is 107 cm³/mol. The molecule has 1 aromatic heterocycles. The number of sulfonamides is 1. The maximum absolute atomic E-state index is 12.3. The molecule has 0 saturated carbocycles. The number of carbonyl (C=O) groups excluding carboxylic acids is 1. The van der Waals surface area contributed by atoms with Crippen molar-refractivity contribution in [3.63, 3.8) is 0 Å². The van der Waals surface area contributed by atoms with Crippen molar-refractivity contribution >= 4 is 27.5 Å². The van der Waals surface area contributed by atoms with E-state index in [9.17, 15) is 13.2 Å². The van der Waals surface area contributed by atoms with Crippen LogP contribution in [0.5, 0.6) is 0 Å². The van der Waals surface area contributed by atoms with E-state index in [0.29, 0.717) is 16.1 Å². The molecule has 10 heteroatoms. The van der Waals surface area contributed by atoms with Crippen LogP contribution in [0.1, 0.15) is 28.2 Å². The zero-order valence-corrected chi connectivity index (χ0v) is 16.8. The predicted octanol–water partition coefficient (Wildman–Crippen LogP) is 1.97. The number of primary sulfonamides is 1. The summed E-state index contributed by atoms with van der Waals surface area (Å²) < 4.78 is 25.7. The van der Waals surface area contributed by atoms with Crippen molar-refractivity contribution in [2.45, 2.75) is 17.7 Å². The summed E-state index contributed by atoms with van der Waals surface area (Å²) in [5.41, 5.74) is 7.63. The zero-order valence-electron chi connectivity index (χ0n) is 15.2. The van der Waals surface area contributed by atoms with Gasteiger partial charge in [-0.1, -0.05) is 35.4 Å². The van der Waals surface area contributed by atoms with Crippen molar-refractivity contribution in [2.24, 2.45) is 10.9 Å². The van der Waals surface area contributed by atoms with Crippen LogP contribution in [0, 0.1) is 18.3 Å². The first kappa shape index (κ1) is 20.5. The van der Waals surface area contributed by atoms with Crippen LogP contribution >= 0.6 is 11.6 Å². The van der Waals surface area contributed by atoms with Crippen molar-refractivity contribution < 1.29 is 13.2 Å². The van der Waals surface area contributed by atoms with Gasteiger partial charge < -0.3 is 5.73 Å². The van der Waals surface area contributed by atoms with Gasteiger partial charge in [0.15, 0.2) is 0 Å². The lowest BCUT2D eigenvalue weighted by Crippen LogP contribution is -2.24. The van der Waals surface area contributed by atoms with Gasteiger partial charge >= 0.3 is 0 Å². The Hall–Kier alpha value is -3.19. The highest BCUT2D eigenvalue weighted by molar-refractivity contribution is 7.89. The molecule has 1 unspecified atom stereocenters. The van der Waals surface area contributed by atoms with Crippen LogP contribution in [0.25, 0.3) is 5.69 Å². The first-order valence-corrected chi connectivity index (χ1v) is 10.2. The summed E-state index contributed by atoms with van der Waals surface area (Å²) >= 11 is 6.27. The van der Waals surface area contributed by atoms with Gasteiger partial charge in [-0.25, -0.2) is 18.2 Å². The summed E-state index contributed by atoms with van der Waals surface area (Å²) in [6, 6.07) is 11.3. The molecule has 4 N–H and O–H groups in total. The third-order valence-electron chi connectivity index (χ3n) is 4.33. The standard InChI is InChI=1S/C19H16ClN5O3S/c1-11-2-4-15(20)14(6-11)18(19(22)26)13-3-5-16(17(7-13)29(23,27)28)25-10-12(8-21)9-24-25/h2-7,9-10,18H,1H3,(H2,22,26)(H2,23,27,28). The second-order valence-corrected chi connectivity index (χ2v) is 8.35. The monoisotopic (exact) mass is 429 g/mol. The van der Waals surface area contributed by atoms with E-state index in [1.807, 2.05) is 13.0 Å². The Morgan fingerprint density at radius 1 is 1.28 bits per heavy atom. The van der Waals surface area contributed by atoms with E-state index in [1.165, 1.54) is 29.2 Å². The van der Waals surface area contributed by atoms with Gasteiger partial charge in [-0.3, -0.25) is 4.79 Å². The van der Waals surface area contributed by atoms with Gasteiger partial charge in [0, 0.05) is 11.2 Å². The summed E-state index contributed by atoms with van der Waals surface area (Å²) in [7, 11) is -4.19. The Balaban J connectivity index is 2.23. The van der Waals surface area contributed by atoms with Gasteiger partial charge in [0.2, 0.25) is 15.9 Å². The zero-order chi connectivity index (χ0) is 21.3. The highest BCUT2D eigenvalue weighted by Gasteiger charge is 2.26. The fraction of sp³-hybridized carbons (Fsp3) is 0.105. The number of nitrogens with zero attached hydrogens (tertiary/aromatic N) is 3. The fourth-order valence-electron chi connectivity index (χ4n) is 3.02. The maximum atomic E-state index is 12.3. The fourth-order valence-corrected chi connectivity index (χ4v) is 4.00. The molecule has 0 saturated heterocycles. The molecule has 1 heterocycles. The Morgan fingerprint density at radius 2 is 2.00 bits per heavy atom. The Bertz CT molecular complexity index is 1260. The number of hydrogen-bond acceptors (Lipinski definition) is 5. The van der Waals surface area contributed by atoms with Crippen LogP contribution in [0.2, 0.25) is 5.02 Å². The van der Waals surface area contributed by atoms with Crippen LogP contribution < -0.4 is 10.9 Å². The summed E-state index contributed by atoms with van der Waals surface area (Å²) in [6.07, 6.45) is 2.66. The van der Waals surface area contributed by atoms with Gasteiger partial charge in [0.25, 0.3) is 0 Å². The maximum Gasteiger partial charge on any atom is 0.240 e. The van der Waals surface area contributed by atoms with Crippen molar-refractivity contribution in [2.75, 3.05) is 0 Å². The van der Waals surface area contributed by atoms with Crippen molar-refractivity contribution in [1.82, 2.24) is 9.78 Å². The molecule has 29 heavy (non-hydrogen) atoms. The van der Waals surface area contributed by atoms with Crippen LogP contribution in [-0.2, 0) is 14.8 Å². The van der Waals surface area contributed by atoms with E-state index in [2.05, 4.69) is 5.10 Å². The molecule has 0 aliphatic rings. The summed E-state index contributed by atoms with van der Waals surface area (Å²) in [4.78, 5) is 12.0. The number of aromatic nitrogens is 2. The molecule has 1 amide bonds. The Labute approximate surface area is 172 Å². The van der Waals surface area contributed by atoms with E-state index in [-0.39, 0.29) is 16.1 Å². The molecule has 0 aliphatic heterocycles. The molecule has 0 spiro atoms. The average Bonchev–Trinajstić information content (AvgIpc) is 3.13. The van der Waals surface area contributed by atoms with E-state index in [4.69, 9.17) is 27.7 Å². The number of nitriles is 1. The lowest BCUT2D eigenvalue weighted by atomic mass is 9.89. The molecule has 148 valence electrons. The van der Waals surface area contributed by atoms with Crippen LogP contribution in [0.4, 0.5) is 0 Å². The smallest absolute Gasteiger partial charge is 0.240 e. The first-order valence-electron chi connectivity index (χ1n) is 8.29. The number of rotatable bonds is 5. The minimum atomic E-state index is -4.19. The SMILES string of the molecule is Cc1ccc(Cl)c(C(C(N)=O)c2ccc(-n3cc(C#N)cn3)c(S(N)(=O)=O)c2)c1. The second-order valence-electron chi connectivity index (χ2n) is 6.42. The van der Waals surface area contributed by atoms with Crippen molar-refractivity contribution in [3.05, 3.63) is 76.1 Å².